The number of hydrogen-bond donors (Lipinski definition) is 1. The summed E-state index contributed by atoms with van der Waals surface area (Å²) in [6.07, 6.45) is 0. The lowest BCUT2D eigenvalue weighted by atomic mass is 10.2. The van der Waals surface area contributed by atoms with E-state index in [9.17, 15) is 18.0 Å². The van der Waals surface area contributed by atoms with Gasteiger partial charge in [-0.1, -0.05) is 36.4 Å². The average Bonchev–Trinajstić information content (AvgIpc) is 2.82. The van der Waals surface area contributed by atoms with Crippen LogP contribution in [0.1, 0.15) is 15.9 Å². The Balaban J connectivity index is 2.03. The van der Waals surface area contributed by atoms with E-state index in [0.717, 1.165) is 9.87 Å². The molecule has 1 amide bonds. The monoisotopic (exact) mass is 468 g/mol. The highest BCUT2D eigenvalue weighted by atomic mass is 32.2. The summed E-state index contributed by atoms with van der Waals surface area (Å²) >= 11 is 0. The number of aryl methyl sites for hydroxylation is 1. The third-order valence-corrected chi connectivity index (χ3v) is 6.60. The molecule has 0 bridgehead atoms. The van der Waals surface area contributed by atoms with Gasteiger partial charge in [0.1, 0.15) is 12.3 Å². The van der Waals surface area contributed by atoms with Crippen LogP contribution >= 0.6 is 0 Å². The van der Waals surface area contributed by atoms with Crippen molar-refractivity contribution in [3.63, 3.8) is 0 Å². The number of sulfonamides is 1. The fourth-order valence-electron chi connectivity index (χ4n) is 3.21. The number of para-hydroxylation sites is 1. The number of rotatable bonds is 8. The Bertz CT molecular complexity index is 1260. The van der Waals surface area contributed by atoms with Crippen molar-refractivity contribution in [2.24, 2.45) is 0 Å². The zero-order chi connectivity index (χ0) is 24.0. The molecule has 0 heterocycles. The number of esters is 1. The second kappa shape index (κ2) is 10.2. The Morgan fingerprint density at radius 3 is 2.27 bits per heavy atom. The quantitative estimate of drug-likeness (QED) is 0.507. The summed E-state index contributed by atoms with van der Waals surface area (Å²) < 4.78 is 38.2. The third kappa shape index (κ3) is 5.32. The Morgan fingerprint density at radius 2 is 1.61 bits per heavy atom. The molecule has 0 saturated heterocycles. The second-order valence-electron chi connectivity index (χ2n) is 7.09. The molecular weight excluding hydrogens is 444 g/mol. The third-order valence-electron chi connectivity index (χ3n) is 4.83. The van der Waals surface area contributed by atoms with Gasteiger partial charge in [0.25, 0.3) is 10.0 Å². The van der Waals surface area contributed by atoms with Crippen molar-refractivity contribution in [3.05, 3.63) is 83.9 Å². The first kappa shape index (κ1) is 23.8. The van der Waals surface area contributed by atoms with Gasteiger partial charge in [-0.15, -0.1) is 0 Å². The van der Waals surface area contributed by atoms with Crippen LogP contribution in [0.15, 0.2) is 77.7 Å². The molecule has 0 aliphatic rings. The van der Waals surface area contributed by atoms with E-state index in [-0.39, 0.29) is 21.8 Å². The average molecular weight is 469 g/mol. The Kier molecular flexibility index (Phi) is 7.34. The number of amides is 1. The number of benzene rings is 3. The number of ether oxygens (including phenoxy) is 2. The lowest BCUT2D eigenvalue weighted by Gasteiger charge is -2.26. The van der Waals surface area contributed by atoms with E-state index >= 15 is 0 Å². The molecule has 33 heavy (non-hydrogen) atoms. The van der Waals surface area contributed by atoms with Gasteiger partial charge in [0, 0.05) is 0 Å². The summed E-state index contributed by atoms with van der Waals surface area (Å²) in [6.45, 7) is 1.26. The first-order valence-electron chi connectivity index (χ1n) is 9.97. The molecule has 0 saturated carbocycles. The number of nitrogens with zero attached hydrogens (tertiary/aromatic N) is 1. The van der Waals surface area contributed by atoms with Crippen molar-refractivity contribution < 1.29 is 27.5 Å². The molecule has 0 aliphatic heterocycles. The van der Waals surface area contributed by atoms with E-state index in [1.807, 2.05) is 6.92 Å². The van der Waals surface area contributed by atoms with Crippen LogP contribution < -0.4 is 14.4 Å². The Hall–Kier alpha value is -3.85. The molecule has 9 heteroatoms. The number of nitrogens with one attached hydrogen (secondary N) is 1. The molecule has 3 aromatic carbocycles. The van der Waals surface area contributed by atoms with E-state index in [2.05, 4.69) is 5.32 Å². The lowest BCUT2D eigenvalue weighted by Crippen LogP contribution is -2.38. The number of methoxy groups -OCH3 is 2. The van der Waals surface area contributed by atoms with Crippen LogP contribution in [0.25, 0.3) is 0 Å². The van der Waals surface area contributed by atoms with Crippen molar-refractivity contribution in [1.29, 1.82) is 0 Å². The van der Waals surface area contributed by atoms with Crippen molar-refractivity contribution in [1.82, 2.24) is 0 Å². The SMILES string of the molecule is COC(=O)c1ccccc1NC(=O)CN(c1cc(C)ccc1OC)S(=O)(=O)c1ccccc1. The maximum absolute atomic E-state index is 13.5. The first-order valence-corrected chi connectivity index (χ1v) is 11.4. The topological polar surface area (TPSA) is 102 Å². The number of carbonyl (C=O) groups excluding carboxylic acids is 2. The van der Waals surface area contributed by atoms with Gasteiger partial charge < -0.3 is 14.8 Å². The van der Waals surface area contributed by atoms with Crippen LogP contribution in [0.3, 0.4) is 0 Å². The maximum atomic E-state index is 13.5. The molecule has 0 fully saturated rings. The molecule has 0 aromatic heterocycles. The van der Waals surface area contributed by atoms with Gasteiger partial charge in [-0.05, 0) is 48.9 Å². The number of hydrogen-bond acceptors (Lipinski definition) is 6. The fourth-order valence-corrected chi connectivity index (χ4v) is 4.66. The predicted molar refractivity (Wildman–Crippen MR) is 125 cm³/mol. The van der Waals surface area contributed by atoms with Crippen molar-refractivity contribution in [2.75, 3.05) is 30.4 Å². The molecule has 0 radical (unpaired) electrons. The standard InChI is InChI=1S/C24H24N2O6S/c1-17-13-14-22(31-2)21(15-17)26(33(29,30)18-9-5-4-6-10-18)16-23(27)25-20-12-8-7-11-19(20)24(28)32-3/h4-15H,16H2,1-3H3,(H,25,27). The minimum absolute atomic E-state index is 0.0244. The number of carbonyl (C=O) groups is 2. The second-order valence-corrected chi connectivity index (χ2v) is 8.95. The van der Waals surface area contributed by atoms with Crippen LogP contribution in [-0.4, -0.2) is 41.1 Å². The zero-order valence-electron chi connectivity index (χ0n) is 18.4. The van der Waals surface area contributed by atoms with Crippen LogP contribution in [-0.2, 0) is 19.6 Å². The van der Waals surface area contributed by atoms with Crippen LogP contribution in [0, 0.1) is 6.92 Å². The van der Waals surface area contributed by atoms with Gasteiger partial charge in [0.2, 0.25) is 5.91 Å². The van der Waals surface area contributed by atoms with Crippen molar-refractivity contribution in [3.8, 4) is 5.75 Å². The molecule has 0 atom stereocenters. The van der Waals surface area contributed by atoms with Gasteiger partial charge in [0.05, 0.1) is 36.1 Å². The summed E-state index contributed by atoms with van der Waals surface area (Å²) in [5.74, 6) is -0.975. The van der Waals surface area contributed by atoms with Crippen LogP contribution in [0.5, 0.6) is 5.75 Å². The zero-order valence-corrected chi connectivity index (χ0v) is 19.3. The summed E-state index contributed by atoms with van der Waals surface area (Å²) in [6, 6.07) is 19.2. The lowest BCUT2D eigenvalue weighted by molar-refractivity contribution is -0.114. The molecule has 0 aliphatic carbocycles. The van der Waals surface area contributed by atoms with E-state index in [0.29, 0.717) is 5.75 Å². The van der Waals surface area contributed by atoms with Gasteiger partial charge in [-0.3, -0.25) is 9.10 Å². The van der Waals surface area contributed by atoms with E-state index < -0.39 is 28.4 Å². The molecule has 8 nitrogen and oxygen atoms in total. The predicted octanol–water partition coefficient (Wildman–Crippen LogP) is 3.62. The minimum Gasteiger partial charge on any atom is -0.495 e. The van der Waals surface area contributed by atoms with Crippen LogP contribution in [0.2, 0.25) is 0 Å². The highest BCUT2D eigenvalue weighted by Gasteiger charge is 2.30. The van der Waals surface area contributed by atoms with Crippen LogP contribution in [0.4, 0.5) is 11.4 Å². The Labute approximate surface area is 192 Å². The number of anilines is 2. The van der Waals surface area contributed by atoms with E-state index in [1.165, 1.54) is 38.5 Å². The summed E-state index contributed by atoms with van der Waals surface area (Å²) in [5, 5.41) is 2.61. The molecule has 3 aromatic rings. The summed E-state index contributed by atoms with van der Waals surface area (Å²) in [7, 11) is -1.46. The van der Waals surface area contributed by atoms with E-state index in [1.54, 1.807) is 48.5 Å². The largest absolute Gasteiger partial charge is 0.495 e. The molecule has 0 unspecified atom stereocenters. The van der Waals surface area contributed by atoms with Crippen molar-refractivity contribution >= 4 is 33.3 Å². The molecule has 3 rings (SSSR count). The minimum atomic E-state index is -4.12. The first-order chi connectivity index (χ1) is 15.8. The highest BCUT2D eigenvalue weighted by Crippen LogP contribution is 2.33. The fraction of sp³-hybridized carbons (Fsp3) is 0.167. The van der Waals surface area contributed by atoms with Gasteiger partial charge >= 0.3 is 5.97 Å². The van der Waals surface area contributed by atoms with Gasteiger partial charge in [-0.25, -0.2) is 13.2 Å². The molecule has 0 spiro atoms. The van der Waals surface area contributed by atoms with Crippen molar-refractivity contribution in [2.45, 2.75) is 11.8 Å². The molecule has 1 N–H and O–H groups in total. The van der Waals surface area contributed by atoms with E-state index in [4.69, 9.17) is 9.47 Å². The summed E-state index contributed by atoms with van der Waals surface area (Å²) in [4.78, 5) is 25.1. The molecule has 172 valence electrons. The Morgan fingerprint density at radius 1 is 0.939 bits per heavy atom. The van der Waals surface area contributed by atoms with Gasteiger partial charge in [-0.2, -0.15) is 0 Å². The molecular formula is C24H24N2O6S. The highest BCUT2D eigenvalue weighted by molar-refractivity contribution is 7.92. The van der Waals surface area contributed by atoms with Gasteiger partial charge in [0.15, 0.2) is 0 Å². The smallest absolute Gasteiger partial charge is 0.339 e. The maximum Gasteiger partial charge on any atom is 0.339 e. The normalized spacial score (nSPS) is 10.9. The summed E-state index contributed by atoms with van der Waals surface area (Å²) in [5.41, 5.74) is 1.37.